The molecule has 0 amide bonds. The van der Waals surface area contributed by atoms with Crippen LogP contribution in [0.2, 0.25) is 0 Å². The smallest absolute Gasteiger partial charge is 0.232 e. The number of halogens is 3. The second-order valence-corrected chi connectivity index (χ2v) is 9.08. The van der Waals surface area contributed by atoms with Crippen LogP contribution in [0.3, 0.4) is 0 Å². The molecule has 170 valence electrons. The zero-order chi connectivity index (χ0) is 23.8. The second kappa shape index (κ2) is 8.66. The van der Waals surface area contributed by atoms with Gasteiger partial charge >= 0.3 is 0 Å². The van der Waals surface area contributed by atoms with E-state index in [2.05, 4.69) is 15.2 Å². The Morgan fingerprint density at radius 3 is 2.61 bits per heavy atom. The predicted molar refractivity (Wildman–Crippen MR) is 117 cm³/mol. The molecule has 2 aromatic heterocycles. The van der Waals surface area contributed by atoms with E-state index in [0.29, 0.717) is 11.1 Å². The highest BCUT2D eigenvalue weighted by atomic mass is 32.2. The number of hydrogen-bond acceptors (Lipinski definition) is 5. The van der Waals surface area contributed by atoms with Crippen LogP contribution in [0.5, 0.6) is 0 Å². The fraction of sp³-hybridized carbons (Fsp3) is 0.136. The van der Waals surface area contributed by atoms with Crippen LogP contribution in [0, 0.1) is 17.5 Å². The lowest BCUT2D eigenvalue weighted by atomic mass is 10.0. The molecule has 0 saturated heterocycles. The van der Waals surface area contributed by atoms with E-state index in [-0.39, 0.29) is 28.9 Å². The third-order valence-corrected chi connectivity index (χ3v) is 6.32. The predicted octanol–water partition coefficient (Wildman–Crippen LogP) is 4.42. The van der Waals surface area contributed by atoms with Gasteiger partial charge in [-0.25, -0.2) is 26.6 Å². The van der Waals surface area contributed by atoms with Crippen molar-refractivity contribution < 1.29 is 26.4 Å². The molecule has 11 heteroatoms. The molecule has 2 aromatic carbocycles. The van der Waals surface area contributed by atoms with Gasteiger partial charge in [-0.2, -0.15) is 5.10 Å². The lowest BCUT2D eigenvalue weighted by molar-refractivity contribution is 0.102. The highest BCUT2D eigenvalue weighted by Crippen LogP contribution is 2.28. The fourth-order valence-corrected chi connectivity index (χ4v) is 4.48. The minimum atomic E-state index is -3.88. The van der Waals surface area contributed by atoms with Gasteiger partial charge in [0.05, 0.1) is 22.4 Å². The number of H-pyrrole nitrogens is 1. The molecule has 0 bridgehead atoms. The molecule has 0 fully saturated rings. The quantitative estimate of drug-likeness (QED) is 0.386. The van der Waals surface area contributed by atoms with Gasteiger partial charge in [0.15, 0.2) is 11.5 Å². The van der Waals surface area contributed by atoms with Crippen LogP contribution in [-0.4, -0.2) is 35.1 Å². The van der Waals surface area contributed by atoms with Crippen molar-refractivity contribution in [3.63, 3.8) is 0 Å². The van der Waals surface area contributed by atoms with E-state index in [4.69, 9.17) is 0 Å². The number of hydrogen-bond donors (Lipinski definition) is 2. The maximum Gasteiger partial charge on any atom is 0.232 e. The van der Waals surface area contributed by atoms with E-state index in [1.54, 1.807) is 13.0 Å². The van der Waals surface area contributed by atoms with Gasteiger partial charge in [-0.1, -0.05) is 19.1 Å². The summed E-state index contributed by atoms with van der Waals surface area (Å²) >= 11 is 0. The van der Waals surface area contributed by atoms with Crippen molar-refractivity contribution in [2.45, 2.75) is 13.3 Å². The summed E-state index contributed by atoms with van der Waals surface area (Å²) in [6.45, 7) is 1.63. The molecule has 0 spiro atoms. The molecule has 2 heterocycles. The summed E-state index contributed by atoms with van der Waals surface area (Å²) < 4.78 is 69.2. The Morgan fingerprint density at radius 1 is 1.09 bits per heavy atom. The van der Waals surface area contributed by atoms with Crippen LogP contribution in [-0.2, 0) is 10.0 Å². The van der Waals surface area contributed by atoms with Crippen LogP contribution in [0.1, 0.15) is 29.4 Å². The monoisotopic (exact) mass is 474 g/mol. The Balaban J connectivity index is 1.79. The molecule has 0 unspecified atom stereocenters. The Morgan fingerprint density at radius 2 is 1.88 bits per heavy atom. The van der Waals surface area contributed by atoms with Gasteiger partial charge < -0.3 is 0 Å². The number of ketones is 1. The summed E-state index contributed by atoms with van der Waals surface area (Å²) in [5, 5.41) is 6.55. The number of pyridine rings is 1. The van der Waals surface area contributed by atoms with Gasteiger partial charge in [-0.15, -0.1) is 0 Å². The van der Waals surface area contributed by atoms with Crippen molar-refractivity contribution >= 4 is 32.5 Å². The maximum atomic E-state index is 15.1. The van der Waals surface area contributed by atoms with Crippen LogP contribution in [0.25, 0.3) is 22.2 Å². The standard InChI is InChI=1S/C22H17F3N4O3S/c1-2-8-33(31,32)29-17-7-6-16(24)18(19(17)25)21(30)20-15-10-13(11-26-22(15)28-27-20)12-4-3-5-14(23)9-12/h3-7,9-11,29H,2,8H2,1H3,(H,26,27,28). The molecule has 7 nitrogen and oxygen atoms in total. The molecule has 4 rings (SSSR count). The second-order valence-electron chi connectivity index (χ2n) is 7.24. The number of nitrogens with zero attached hydrogens (tertiary/aromatic N) is 2. The molecule has 0 aliphatic rings. The first-order valence-corrected chi connectivity index (χ1v) is 11.5. The largest absolute Gasteiger partial charge is 0.287 e. The topological polar surface area (TPSA) is 105 Å². The summed E-state index contributed by atoms with van der Waals surface area (Å²) in [5.41, 5.74) is -0.711. The van der Waals surface area contributed by atoms with Crippen molar-refractivity contribution in [3.05, 3.63) is 77.4 Å². The number of aromatic nitrogens is 3. The first-order valence-electron chi connectivity index (χ1n) is 9.83. The number of carbonyl (C=O) groups excluding carboxylic acids is 1. The molecule has 0 saturated carbocycles. The lowest BCUT2D eigenvalue weighted by Gasteiger charge is -2.11. The van der Waals surface area contributed by atoms with Crippen molar-refractivity contribution in [3.8, 4) is 11.1 Å². The van der Waals surface area contributed by atoms with Crippen LogP contribution in [0.15, 0.2) is 48.7 Å². The number of fused-ring (bicyclic) bond motifs is 1. The van der Waals surface area contributed by atoms with Gasteiger partial charge in [-0.05, 0) is 42.3 Å². The number of aromatic amines is 1. The van der Waals surface area contributed by atoms with E-state index in [1.807, 2.05) is 4.72 Å². The van der Waals surface area contributed by atoms with Crippen molar-refractivity contribution in [2.24, 2.45) is 0 Å². The van der Waals surface area contributed by atoms with Crippen molar-refractivity contribution in [1.82, 2.24) is 15.2 Å². The molecular weight excluding hydrogens is 457 g/mol. The van der Waals surface area contributed by atoms with Crippen molar-refractivity contribution in [2.75, 3.05) is 10.5 Å². The number of nitrogens with one attached hydrogen (secondary N) is 2. The molecule has 0 aliphatic heterocycles. The molecule has 33 heavy (non-hydrogen) atoms. The van der Waals surface area contributed by atoms with Crippen LogP contribution < -0.4 is 4.72 Å². The summed E-state index contributed by atoms with van der Waals surface area (Å²) in [6, 6.07) is 8.89. The first-order chi connectivity index (χ1) is 15.7. The Bertz CT molecular complexity index is 1490. The van der Waals surface area contributed by atoms with Gasteiger partial charge in [0.1, 0.15) is 17.3 Å². The third-order valence-electron chi connectivity index (χ3n) is 4.85. The summed E-state index contributed by atoms with van der Waals surface area (Å²) in [4.78, 5) is 17.2. The van der Waals surface area contributed by atoms with Gasteiger partial charge in [-0.3, -0.25) is 14.6 Å². The Kier molecular flexibility index (Phi) is 5.90. The number of benzene rings is 2. The average Bonchev–Trinajstić information content (AvgIpc) is 3.19. The van der Waals surface area contributed by atoms with E-state index in [9.17, 15) is 22.0 Å². The van der Waals surface area contributed by atoms with E-state index >= 15 is 4.39 Å². The highest BCUT2D eigenvalue weighted by Gasteiger charge is 2.27. The number of rotatable bonds is 7. The minimum absolute atomic E-state index is 0.164. The molecule has 2 N–H and O–H groups in total. The van der Waals surface area contributed by atoms with Crippen molar-refractivity contribution in [1.29, 1.82) is 0 Å². The normalized spacial score (nSPS) is 11.6. The fourth-order valence-electron chi connectivity index (χ4n) is 3.35. The zero-order valence-electron chi connectivity index (χ0n) is 17.2. The first kappa shape index (κ1) is 22.5. The molecule has 4 aromatic rings. The maximum absolute atomic E-state index is 15.1. The van der Waals surface area contributed by atoms with Crippen LogP contribution in [0.4, 0.5) is 18.9 Å². The third kappa shape index (κ3) is 4.44. The Labute approximate surface area is 186 Å². The van der Waals surface area contributed by atoms with E-state index < -0.39 is 44.5 Å². The SMILES string of the molecule is CCCS(=O)(=O)Nc1ccc(F)c(C(=O)c2n[nH]c3ncc(-c4cccc(F)c4)cc23)c1F. The minimum Gasteiger partial charge on any atom is -0.287 e. The summed E-state index contributed by atoms with van der Waals surface area (Å²) in [6.07, 6.45) is 1.72. The average molecular weight is 474 g/mol. The van der Waals surface area contributed by atoms with E-state index in [1.165, 1.54) is 30.5 Å². The summed E-state index contributed by atoms with van der Waals surface area (Å²) in [5.74, 6) is -4.38. The van der Waals surface area contributed by atoms with Gasteiger partial charge in [0, 0.05) is 11.8 Å². The number of anilines is 1. The number of carbonyl (C=O) groups is 1. The van der Waals surface area contributed by atoms with Gasteiger partial charge in [0.25, 0.3) is 0 Å². The van der Waals surface area contributed by atoms with E-state index in [0.717, 1.165) is 12.1 Å². The highest BCUT2D eigenvalue weighted by molar-refractivity contribution is 7.92. The number of sulfonamides is 1. The van der Waals surface area contributed by atoms with Gasteiger partial charge in [0.2, 0.25) is 15.8 Å². The Hall–Kier alpha value is -3.73. The zero-order valence-corrected chi connectivity index (χ0v) is 18.0. The molecule has 0 radical (unpaired) electrons. The molecule has 0 aliphatic carbocycles. The summed E-state index contributed by atoms with van der Waals surface area (Å²) in [7, 11) is -3.88. The molecule has 0 atom stereocenters. The lowest BCUT2D eigenvalue weighted by Crippen LogP contribution is -2.18. The molecular formula is C22H17F3N4O3S. The van der Waals surface area contributed by atoms with Crippen LogP contribution >= 0.6 is 0 Å².